The lowest BCUT2D eigenvalue weighted by Crippen LogP contribution is -2.39. The van der Waals surface area contributed by atoms with Gasteiger partial charge in [0.05, 0.1) is 5.56 Å². The number of amides is 1. The molecule has 1 aromatic carbocycles. The zero-order valence-corrected chi connectivity index (χ0v) is 11.4. The highest BCUT2D eigenvalue weighted by Gasteiger charge is 2.24. The summed E-state index contributed by atoms with van der Waals surface area (Å²) >= 11 is 0. The molecule has 3 heteroatoms. The van der Waals surface area contributed by atoms with Crippen molar-refractivity contribution in [3.8, 4) is 0 Å². The van der Waals surface area contributed by atoms with Gasteiger partial charge in [0, 0.05) is 30.2 Å². The fourth-order valence-corrected chi connectivity index (χ4v) is 3.00. The van der Waals surface area contributed by atoms with Crippen LogP contribution in [0.2, 0.25) is 0 Å². The van der Waals surface area contributed by atoms with Crippen LogP contribution < -0.4 is 0 Å². The minimum absolute atomic E-state index is 0.176. The van der Waals surface area contributed by atoms with Crippen molar-refractivity contribution in [3.05, 3.63) is 36.0 Å². The topological polar surface area (TPSA) is 36.1 Å². The number of H-pyrrole nitrogens is 1. The zero-order valence-electron chi connectivity index (χ0n) is 11.4. The van der Waals surface area contributed by atoms with E-state index in [0.29, 0.717) is 5.92 Å². The van der Waals surface area contributed by atoms with Crippen LogP contribution >= 0.6 is 0 Å². The minimum Gasteiger partial charge on any atom is -0.360 e. The van der Waals surface area contributed by atoms with Gasteiger partial charge >= 0.3 is 0 Å². The molecule has 3 nitrogen and oxygen atoms in total. The number of nitrogens with zero attached hydrogens (tertiary/aromatic N) is 1. The Morgan fingerprint density at radius 2 is 2.26 bits per heavy atom. The van der Waals surface area contributed by atoms with Gasteiger partial charge in [-0.05, 0) is 24.8 Å². The molecule has 0 bridgehead atoms. The monoisotopic (exact) mass is 256 g/mol. The van der Waals surface area contributed by atoms with Gasteiger partial charge < -0.3 is 9.88 Å². The number of fused-ring (bicyclic) bond motifs is 1. The van der Waals surface area contributed by atoms with Gasteiger partial charge in [-0.2, -0.15) is 0 Å². The van der Waals surface area contributed by atoms with Crippen molar-refractivity contribution in [1.29, 1.82) is 0 Å². The molecular formula is C16H20N2O. The summed E-state index contributed by atoms with van der Waals surface area (Å²) in [5.41, 5.74) is 1.85. The number of carbonyl (C=O) groups is 1. The molecule has 1 saturated heterocycles. The van der Waals surface area contributed by atoms with Crippen molar-refractivity contribution in [3.63, 3.8) is 0 Å². The number of likely N-dealkylation sites (tertiary alicyclic amines) is 1. The van der Waals surface area contributed by atoms with Crippen molar-refractivity contribution >= 4 is 16.8 Å². The summed E-state index contributed by atoms with van der Waals surface area (Å²) < 4.78 is 0. The molecule has 1 amide bonds. The fourth-order valence-electron chi connectivity index (χ4n) is 3.00. The van der Waals surface area contributed by atoms with Gasteiger partial charge in [-0.1, -0.05) is 31.5 Å². The molecule has 1 atom stereocenters. The van der Waals surface area contributed by atoms with Gasteiger partial charge in [0.15, 0.2) is 0 Å². The lowest BCUT2D eigenvalue weighted by atomic mass is 9.95. The number of rotatable bonds is 2. The summed E-state index contributed by atoms with van der Waals surface area (Å²) in [4.78, 5) is 17.8. The molecule has 3 rings (SSSR count). The van der Waals surface area contributed by atoms with E-state index in [1.807, 2.05) is 35.4 Å². The molecule has 1 aliphatic heterocycles. The number of hydrogen-bond donors (Lipinski definition) is 1. The zero-order chi connectivity index (χ0) is 13.2. The van der Waals surface area contributed by atoms with E-state index in [-0.39, 0.29) is 5.91 Å². The Kier molecular flexibility index (Phi) is 3.28. The van der Waals surface area contributed by atoms with Crippen LogP contribution in [0.4, 0.5) is 0 Å². The number of nitrogens with one attached hydrogen (secondary N) is 1. The molecule has 2 heterocycles. The van der Waals surface area contributed by atoms with E-state index >= 15 is 0 Å². The first kappa shape index (κ1) is 12.3. The van der Waals surface area contributed by atoms with Crippen LogP contribution in [0.5, 0.6) is 0 Å². The Bertz CT molecular complexity index is 587. The Balaban J connectivity index is 1.87. The van der Waals surface area contributed by atoms with E-state index in [9.17, 15) is 4.79 Å². The highest BCUT2D eigenvalue weighted by Crippen LogP contribution is 2.24. The lowest BCUT2D eigenvalue weighted by molar-refractivity contribution is 0.0673. The molecular weight excluding hydrogens is 236 g/mol. The number of benzene rings is 1. The summed E-state index contributed by atoms with van der Waals surface area (Å²) in [6.45, 7) is 4.02. The molecule has 0 spiro atoms. The Morgan fingerprint density at radius 3 is 3.11 bits per heavy atom. The van der Waals surface area contributed by atoms with Crippen LogP contribution in [-0.2, 0) is 0 Å². The number of aromatic nitrogens is 1. The minimum atomic E-state index is 0.176. The van der Waals surface area contributed by atoms with Gasteiger partial charge in [-0.3, -0.25) is 4.79 Å². The Morgan fingerprint density at radius 1 is 1.42 bits per heavy atom. The first-order valence-corrected chi connectivity index (χ1v) is 7.15. The predicted octanol–water partition coefficient (Wildman–Crippen LogP) is 3.43. The van der Waals surface area contributed by atoms with Crippen LogP contribution in [0.15, 0.2) is 30.5 Å². The molecule has 19 heavy (non-hydrogen) atoms. The SMILES string of the molecule is CCC1CCCN(C(=O)c2c[nH]c3ccccc23)C1. The van der Waals surface area contributed by atoms with Crippen LogP contribution in [-0.4, -0.2) is 28.9 Å². The summed E-state index contributed by atoms with van der Waals surface area (Å²) in [6.07, 6.45) is 5.40. The largest absolute Gasteiger partial charge is 0.360 e. The standard InChI is InChI=1S/C16H20N2O/c1-2-12-6-5-9-18(11-12)16(19)14-10-17-15-8-4-3-7-13(14)15/h3-4,7-8,10,12,17H,2,5-6,9,11H2,1H3. The molecule has 1 aromatic heterocycles. The van der Waals surface area contributed by atoms with Gasteiger partial charge in [0.1, 0.15) is 0 Å². The Labute approximate surface area is 113 Å². The number of piperidine rings is 1. The molecule has 1 aliphatic rings. The summed E-state index contributed by atoms with van der Waals surface area (Å²) in [6, 6.07) is 8.00. The average Bonchev–Trinajstić information content (AvgIpc) is 2.90. The van der Waals surface area contributed by atoms with Crippen LogP contribution in [0, 0.1) is 5.92 Å². The molecule has 0 saturated carbocycles. The van der Waals surface area contributed by atoms with E-state index in [2.05, 4.69) is 11.9 Å². The van der Waals surface area contributed by atoms with E-state index in [4.69, 9.17) is 0 Å². The third kappa shape index (κ3) is 2.25. The predicted molar refractivity (Wildman–Crippen MR) is 77.2 cm³/mol. The molecule has 1 fully saturated rings. The van der Waals surface area contributed by atoms with Crippen molar-refractivity contribution in [2.75, 3.05) is 13.1 Å². The quantitative estimate of drug-likeness (QED) is 0.878. The summed E-state index contributed by atoms with van der Waals surface area (Å²) in [5.74, 6) is 0.846. The number of aromatic amines is 1. The van der Waals surface area contributed by atoms with Crippen molar-refractivity contribution in [2.45, 2.75) is 26.2 Å². The molecule has 2 aromatic rings. The van der Waals surface area contributed by atoms with E-state index in [1.165, 1.54) is 6.42 Å². The van der Waals surface area contributed by atoms with Gasteiger partial charge in [0.25, 0.3) is 5.91 Å². The van der Waals surface area contributed by atoms with Gasteiger partial charge in [-0.15, -0.1) is 0 Å². The third-order valence-corrected chi connectivity index (χ3v) is 4.20. The van der Waals surface area contributed by atoms with Crippen molar-refractivity contribution < 1.29 is 4.79 Å². The van der Waals surface area contributed by atoms with E-state index < -0.39 is 0 Å². The molecule has 1 N–H and O–H groups in total. The van der Waals surface area contributed by atoms with Gasteiger partial charge in [0.2, 0.25) is 0 Å². The number of para-hydroxylation sites is 1. The normalized spacial score (nSPS) is 19.8. The van der Waals surface area contributed by atoms with Crippen LogP contribution in [0.25, 0.3) is 10.9 Å². The maximum absolute atomic E-state index is 12.6. The Hall–Kier alpha value is -1.77. The van der Waals surface area contributed by atoms with Crippen LogP contribution in [0.3, 0.4) is 0 Å². The summed E-state index contributed by atoms with van der Waals surface area (Å²) in [7, 11) is 0. The molecule has 100 valence electrons. The second-order valence-electron chi connectivity index (χ2n) is 5.42. The van der Waals surface area contributed by atoms with Crippen molar-refractivity contribution in [1.82, 2.24) is 9.88 Å². The molecule has 0 aliphatic carbocycles. The van der Waals surface area contributed by atoms with Crippen molar-refractivity contribution in [2.24, 2.45) is 5.92 Å². The molecule has 0 radical (unpaired) electrons. The lowest BCUT2D eigenvalue weighted by Gasteiger charge is -2.32. The van der Waals surface area contributed by atoms with Gasteiger partial charge in [-0.25, -0.2) is 0 Å². The second kappa shape index (κ2) is 5.08. The highest BCUT2D eigenvalue weighted by atomic mass is 16.2. The second-order valence-corrected chi connectivity index (χ2v) is 5.42. The number of hydrogen-bond acceptors (Lipinski definition) is 1. The summed E-state index contributed by atoms with van der Waals surface area (Å²) in [5, 5.41) is 1.03. The van der Waals surface area contributed by atoms with E-state index in [1.54, 1.807) is 0 Å². The third-order valence-electron chi connectivity index (χ3n) is 4.20. The number of carbonyl (C=O) groups excluding carboxylic acids is 1. The molecule has 1 unspecified atom stereocenters. The first-order chi connectivity index (χ1) is 9.29. The maximum atomic E-state index is 12.6. The average molecular weight is 256 g/mol. The highest BCUT2D eigenvalue weighted by molar-refractivity contribution is 6.06. The smallest absolute Gasteiger partial charge is 0.256 e. The fraction of sp³-hybridized carbons (Fsp3) is 0.438. The first-order valence-electron chi connectivity index (χ1n) is 7.15. The van der Waals surface area contributed by atoms with Crippen LogP contribution in [0.1, 0.15) is 36.5 Å². The maximum Gasteiger partial charge on any atom is 0.256 e. The van der Waals surface area contributed by atoms with E-state index in [0.717, 1.165) is 42.4 Å².